The van der Waals surface area contributed by atoms with E-state index < -0.39 is 6.10 Å². The van der Waals surface area contributed by atoms with Gasteiger partial charge in [-0.15, -0.1) is 0 Å². The molecule has 0 bridgehead atoms. The fourth-order valence-corrected chi connectivity index (χ4v) is 1.71. The summed E-state index contributed by atoms with van der Waals surface area (Å²) in [4.78, 5) is 0. The molecule has 0 aromatic heterocycles. The number of rotatable bonds is 3. The molecule has 2 nitrogen and oxygen atoms in total. The van der Waals surface area contributed by atoms with Crippen molar-refractivity contribution in [1.82, 2.24) is 0 Å². The van der Waals surface area contributed by atoms with Crippen LogP contribution in [0.5, 0.6) is 0 Å². The highest BCUT2D eigenvalue weighted by Crippen LogP contribution is 2.35. The van der Waals surface area contributed by atoms with E-state index in [1.165, 1.54) is 0 Å². The van der Waals surface area contributed by atoms with Crippen molar-refractivity contribution in [2.45, 2.75) is 39.7 Å². The summed E-state index contributed by atoms with van der Waals surface area (Å²) in [6, 6.07) is 0. The lowest BCUT2D eigenvalue weighted by molar-refractivity contribution is 0.0237. The van der Waals surface area contributed by atoms with Crippen molar-refractivity contribution in [3.63, 3.8) is 0 Å². The molecule has 0 heterocycles. The molecular formula is C13H22O2. The van der Waals surface area contributed by atoms with Crippen LogP contribution in [0.2, 0.25) is 0 Å². The van der Waals surface area contributed by atoms with E-state index in [-0.39, 0.29) is 17.4 Å². The van der Waals surface area contributed by atoms with Gasteiger partial charge in [-0.3, -0.25) is 0 Å². The standard InChI is InChI=1S/C13H22O2/c1-12(2,3)11(15)9-13(10-14)7-5-4-6-8-13/h5-8,11,14-15H,4,9-10H2,1-3H3/t11-/m1/s1. The highest BCUT2D eigenvalue weighted by molar-refractivity contribution is 5.18. The van der Waals surface area contributed by atoms with Gasteiger partial charge < -0.3 is 10.2 Å². The molecule has 1 aliphatic rings. The van der Waals surface area contributed by atoms with Crippen LogP contribution in [0.25, 0.3) is 0 Å². The molecule has 0 aromatic rings. The number of hydrogen-bond acceptors (Lipinski definition) is 2. The van der Waals surface area contributed by atoms with E-state index >= 15 is 0 Å². The van der Waals surface area contributed by atoms with Crippen molar-refractivity contribution in [2.75, 3.05) is 6.61 Å². The number of hydrogen-bond donors (Lipinski definition) is 2. The van der Waals surface area contributed by atoms with Crippen LogP contribution < -0.4 is 0 Å². The largest absolute Gasteiger partial charge is 0.395 e. The highest BCUT2D eigenvalue weighted by Gasteiger charge is 2.32. The first kappa shape index (κ1) is 12.5. The van der Waals surface area contributed by atoms with Crippen LogP contribution in [0.15, 0.2) is 24.3 Å². The first-order chi connectivity index (χ1) is 6.90. The molecule has 2 heteroatoms. The molecule has 2 N–H and O–H groups in total. The van der Waals surface area contributed by atoms with Crippen molar-refractivity contribution in [3.8, 4) is 0 Å². The second-order valence-electron chi connectivity index (χ2n) is 5.52. The van der Waals surface area contributed by atoms with E-state index in [1.54, 1.807) is 0 Å². The van der Waals surface area contributed by atoms with Crippen LogP contribution in [0, 0.1) is 10.8 Å². The molecule has 0 spiro atoms. The second-order valence-corrected chi connectivity index (χ2v) is 5.52. The van der Waals surface area contributed by atoms with Crippen LogP contribution in [0.1, 0.15) is 33.6 Å². The lowest BCUT2D eigenvalue weighted by Crippen LogP contribution is -2.34. The summed E-state index contributed by atoms with van der Waals surface area (Å²) in [6.45, 7) is 6.10. The normalized spacial score (nSPS) is 21.7. The molecule has 0 amide bonds. The predicted octanol–water partition coefficient (Wildman–Crippen LogP) is 2.28. The van der Waals surface area contributed by atoms with Crippen LogP contribution in [0.3, 0.4) is 0 Å². The maximum Gasteiger partial charge on any atom is 0.0600 e. The Bertz CT molecular complexity index is 246. The van der Waals surface area contributed by atoms with Crippen molar-refractivity contribution < 1.29 is 10.2 Å². The molecule has 1 aliphatic carbocycles. The summed E-state index contributed by atoms with van der Waals surface area (Å²) in [6.07, 6.45) is 9.23. The zero-order chi connectivity index (χ0) is 11.5. The van der Waals surface area contributed by atoms with Gasteiger partial charge in [0.05, 0.1) is 12.7 Å². The lowest BCUT2D eigenvalue weighted by Gasteiger charge is -2.34. The third-order valence-electron chi connectivity index (χ3n) is 3.04. The predicted molar refractivity (Wildman–Crippen MR) is 62.5 cm³/mol. The maximum atomic E-state index is 10.1. The van der Waals surface area contributed by atoms with Crippen LogP contribution >= 0.6 is 0 Å². The Balaban J connectivity index is 2.73. The Kier molecular flexibility index (Phi) is 3.74. The Hall–Kier alpha value is -0.600. The molecule has 0 saturated heterocycles. The molecule has 86 valence electrons. The fraction of sp³-hybridized carbons (Fsp3) is 0.692. The zero-order valence-corrected chi connectivity index (χ0v) is 9.90. The molecule has 0 radical (unpaired) electrons. The monoisotopic (exact) mass is 210 g/mol. The fourth-order valence-electron chi connectivity index (χ4n) is 1.71. The van der Waals surface area contributed by atoms with Gasteiger partial charge in [0.15, 0.2) is 0 Å². The summed E-state index contributed by atoms with van der Waals surface area (Å²) in [5.74, 6) is 0. The van der Waals surface area contributed by atoms with Crippen molar-refractivity contribution in [1.29, 1.82) is 0 Å². The van der Waals surface area contributed by atoms with Crippen LogP contribution in [0.4, 0.5) is 0 Å². The van der Waals surface area contributed by atoms with Crippen molar-refractivity contribution in [3.05, 3.63) is 24.3 Å². The molecule has 15 heavy (non-hydrogen) atoms. The molecule has 0 unspecified atom stereocenters. The zero-order valence-electron chi connectivity index (χ0n) is 9.90. The first-order valence-corrected chi connectivity index (χ1v) is 5.54. The third-order valence-corrected chi connectivity index (χ3v) is 3.04. The van der Waals surface area contributed by atoms with Crippen molar-refractivity contribution >= 4 is 0 Å². The van der Waals surface area contributed by atoms with E-state index in [1.807, 2.05) is 45.1 Å². The van der Waals surface area contributed by atoms with E-state index in [0.29, 0.717) is 6.42 Å². The number of allylic oxidation sites excluding steroid dienone is 2. The smallest absolute Gasteiger partial charge is 0.0600 e. The van der Waals surface area contributed by atoms with Gasteiger partial charge in [-0.25, -0.2) is 0 Å². The SMILES string of the molecule is CC(C)(C)[C@H](O)CC1(CO)C=CCC=C1. The Morgan fingerprint density at radius 2 is 1.80 bits per heavy atom. The Morgan fingerprint density at radius 1 is 1.27 bits per heavy atom. The van der Waals surface area contributed by atoms with Crippen LogP contribution in [-0.4, -0.2) is 22.9 Å². The van der Waals surface area contributed by atoms with E-state index in [2.05, 4.69) is 0 Å². The maximum absolute atomic E-state index is 10.1. The number of aliphatic hydroxyl groups is 2. The minimum absolute atomic E-state index is 0.0626. The first-order valence-electron chi connectivity index (χ1n) is 5.54. The second kappa shape index (κ2) is 4.50. The topological polar surface area (TPSA) is 40.5 Å². The molecule has 1 atom stereocenters. The summed E-state index contributed by atoms with van der Waals surface area (Å²) >= 11 is 0. The molecule has 0 fully saturated rings. The van der Waals surface area contributed by atoms with Gasteiger partial charge in [-0.05, 0) is 18.3 Å². The minimum Gasteiger partial charge on any atom is -0.395 e. The molecule has 1 rings (SSSR count). The average Bonchev–Trinajstić information content (AvgIpc) is 2.18. The van der Waals surface area contributed by atoms with E-state index in [0.717, 1.165) is 6.42 Å². The van der Waals surface area contributed by atoms with E-state index in [9.17, 15) is 10.2 Å². The van der Waals surface area contributed by atoms with Gasteiger partial charge in [-0.1, -0.05) is 45.1 Å². The van der Waals surface area contributed by atoms with Gasteiger partial charge in [0.1, 0.15) is 0 Å². The molecule has 0 aromatic carbocycles. The minimum atomic E-state index is -0.406. The summed E-state index contributed by atoms with van der Waals surface area (Å²) in [7, 11) is 0. The lowest BCUT2D eigenvalue weighted by atomic mass is 9.74. The van der Waals surface area contributed by atoms with Gasteiger partial charge in [0.25, 0.3) is 0 Å². The molecular weight excluding hydrogens is 188 g/mol. The highest BCUT2D eigenvalue weighted by atomic mass is 16.3. The summed E-state index contributed by atoms with van der Waals surface area (Å²) in [5, 5.41) is 19.5. The Morgan fingerprint density at radius 3 is 2.20 bits per heavy atom. The van der Waals surface area contributed by atoms with Gasteiger partial charge >= 0.3 is 0 Å². The Labute approximate surface area is 92.3 Å². The summed E-state index contributed by atoms with van der Waals surface area (Å²) in [5.41, 5.74) is -0.494. The van der Waals surface area contributed by atoms with Crippen LogP contribution in [-0.2, 0) is 0 Å². The number of aliphatic hydroxyl groups excluding tert-OH is 2. The molecule has 0 saturated carbocycles. The average molecular weight is 210 g/mol. The summed E-state index contributed by atoms with van der Waals surface area (Å²) < 4.78 is 0. The van der Waals surface area contributed by atoms with E-state index in [4.69, 9.17) is 0 Å². The quantitative estimate of drug-likeness (QED) is 0.702. The van der Waals surface area contributed by atoms with Gasteiger partial charge in [0, 0.05) is 5.41 Å². The third kappa shape index (κ3) is 3.18. The molecule has 0 aliphatic heterocycles. The van der Waals surface area contributed by atoms with Gasteiger partial charge in [0.2, 0.25) is 0 Å². The van der Waals surface area contributed by atoms with Crippen molar-refractivity contribution in [2.24, 2.45) is 10.8 Å². The van der Waals surface area contributed by atoms with Gasteiger partial charge in [-0.2, -0.15) is 0 Å².